The molecule has 8 nitrogen and oxygen atoms in total. The van der Waals surface area contributed by atoms with Crippen molar-refractivity contribution in [3.05, 3.63) is 71.2 Å². The van der Waals surface area contributed by atoms with E-state index >= 15 is 0 Å². The van der Waals surface area contributed by atoms with Gasteiger partial charge in [0.15, 0.2) is 11.6 Å². The second-order valence-electron chi connectivity index (χ2n) is 7.58. The fourth-order valence-electron chi connectivity index (χ4n) is 4.12. The lowest BCUT2D eigenvalue weighted by molar-refractivity contribution is 0.226. The van der Waals surface area contributed by atoms with Crippen LogP contribution in [0.5, 0.6) is 5.75 Å². The van der Waals surface area contributed by atoms with Gasteiger partial charge in [-0.1, -0.05) is 0 Å². The Labute approximate surface area is 183 Å². The van der Waals surface area contributed by atoms with Crippen LogP contribution in [0.4, 0.5) is 10.2 Å². The molecule has 5 rings (SSSR count). The summed E-state index contributed by atoms with van der Waals surface area (Å²) in [7, 11) is 0. The topological polar surface area (TPSA) is 108 Å². The van der Waals surface area contributed by atoms with Crippen LogP contribution < -0.4 is 10.5 Å². The minimum atomic E-state index is -0.537. The number of nitrogen functional groups attached to an aromatic ring is 1. The number of pyridine rings is 1. The SMILES string of the molecule is CCn1nc2c(c1C#N)-c1cnc(N)c(c1)OC(C)c1cc(F)ccc1-n1nccc1C2. The third kappa shape index (κ3) is 3.08. The zero-order valence-corrected chi connectivity index (χ0v) is 17.6. The van der Waals surface area contributed by atoms with Crippen LogP contribution in [0.2, 0.25) is 0 Å². The van der Waals surface area contributed by atoms with Crippen LogP contribution in [0.25, 0.3) is 16.8 Å². The molecule has 0 spiro atoms. The molecule has 0 aliphatic carbocycles. The number of rotatable bonds is 1. The molecule has 1 aromatic carbocycles. The van der Waals surface area contributed by atoms with Crippen LogP contribution >= 0.6 is 0 Å². The highest BCUT2D eigenvalue weighted by Gasteiger charge is 2.25. The Bertz CT molecular complexity index is 1380. The molecule has 3 aromatic heterocycles. The van der Waals surface area contributed by atoms with Crippen molar-refractivity contribution in [2.75, 3.05) is 5.73 Å². The van der Waals surface area contributed by atoms with Gasteiger partial charge in [-0.15, -0.1) is 0 Å². The van der Waals surface area contributed by atoms with Crippen molar-refractivity contribution in [2.24, 2.45) is 0 Å². The van der Waals surface area contributed by atoms with Gasteiger partial charge in [-0.25, -0.2) is 14.1 Å². The molecule has 32 heavy (non-hydrogen) atoms. The van der Waals surface area contributed by atoms with E-state index in [9.17, 15) is 9.65 Å². The molecule has 1 aliphatic rings. The molecular weight excluding hydrogens is 409 g/mol. The number of benzene rings is 1. The molecular formula is C23H20FN7O. The van der Waals surface area contributed by atoms with Crippen molar-refractivity contribution in [3.8, 4) is 28.6 Å². The summed E-state index contributed by atoms with van der Waals surface area (Å²) < 4.78 is 23.8. The van der Waals surface area contributed by atoms with Crippen LogP contribution in [-0.4, -0.2) is 24.5 Å². The van der Waals surface area contributed by atoms with Gasteiger partial charge in [0, 0.05) is 42.0 Å². The zero-order chi connectivity index (χ0) is 22.4. The lowest BCUT2D eigenvalue weighted by atomic mass is 10.0. The van der Waals surface area contributed by atoms with Gasteiger partial charge in [0.05, 0.1) is 17.1 Å². The van der Waals surface area contributed by atoms with E-state index in [-0.39, 0.29) is 11.6 Å². The molecule has 1 atom stereocenters. The summed E-state index contributed by atoms with van der Waals surface area (Å²) in [5.74, 6) is 0.186. The summed E-state index contributed by atoms with van der Waals surface area (Å²) in [5.41, 5.74) is 10.8. The molecule has 9 heteroatoms. The number of anilines is 1. The van der Waals surface area contributed by atoms with E-state index in [1.165, 1.54) is 12.1 Å². The first-order valence-electron chi connectivity index (χ1n) is 10.2. The molecule has 0 saturated heterocycles. The average molecular weight is 429 g/mol. The highest BCUT2D eigenvalue weighted by molar-refractivity contribution is 5.74. The van der Waals surface area contributed by atoms with Gasteiger partial charge in [0.1, 0.15) is 23.7 Å². The summed E-state index contributed by atoms with van der Waals surface area (Å²) in [5, 5.41) is 19.1. The molecule has 4 aromatic rings. The zero-order valence-electron chi connectivity index (χ0n) is 17.6. The molecule has 2 N–H and O–H groups in total. The summed E-state index contributed by atoms with van der Waals surface area (Å²) >= 11 is 0. The van der Waals surface area contributed by atoms with Crippen LogP contribution in [0.3, 0.4) is 0 Å². The molecule has 0 amide bonds. The number of aromatic nitrogens is 5. The predicted molar refractivity (Wildman–Crippen MR) is 116 cm³/mol. The van der Waals surface area contributed by atoms with Crippen LogP contribution in [0.15, 0.2) is 42.7 Å². The van der Waals surface area contributed by atoms with Crippen molar-refractivity contribution in [3.63, 3.8) is 0 Å². The van der Waals surface area contributed by atoms with E-state index in [1.54, 1.807) is 33.9 Å². The van der Waals surface area contributed by atoms with Gasteiger partial charge >= 0.3 is 0 Å². The Morgan fingerprint density at radius 3 is 2.94 bits per heavy atom. The van der Waals surface area contributed by atoms with Crippen molar-refractivity contribution in [1.29, 1.82) is 5.26 Å². The van der Waals surface area contributed by atoms with E-state index in [1.807, 2.05) is 19.9 Å². The number of nitrogens with zero attached hydrogens (tertiary/aromatic N) is 6. The number of halogens is 1. The highest BCUT2D eigenvalue weighted by Crippen LogP contribution is 2.36. The smallest absolute Gasteiger partial charge is 0.166 e. The molecule has 0 saturated carbocycles. The first-order chi connectivity index (χ1) is 15.5. The monoisotopic (exact) mass is 429 g/mol. The third-order valence-electron chi connectivity index (χ3n) is 5.63. The van der Waals surface area contributed by atoms with Gasteiger partial charge in [-0.05, 0) is 44.2 Å². The number of aryl methyl sites for hydroxylation is 1. The Balaban J connectivity index is 1.83. The third-order valence-corrected chi connectivity index (χ3v) is 5.63. The van der Waals surface area contributed by atoms with Gasteiger partial charge < -0.3 is 10.5 Å². The lowest BCUT2D eigenvalue weighted by Crippen LogP contribution is -2.13. The molecule has 0 fully saturated rings. The second kappa shape index (κ2) is 7.50. The number of hydrogen-bond donors (Lipinski definition) is 1. The van der Waals surface area contributed by atoms with Crippen LogP contribution in [0.1, 0.15) is 42.6 Å². The number of fused-ring (bicyclic) bond motifs is 7. The maximum atomic E-state index is 14.2. The lowest BCUT2D eigenvalue weighted by Gasteiger charge is -2.21. The molecule has 2 bridgehead atoms. The number of nitriles is 1. The largest absolute Gasteiger partial charge is 0.482 e. The summed E-state index contributed by atoms with van der Waals surface area (Å²) in [6, 6.07) is 10.4. The van der Waals surface area contributed by atoms with Gasteiger partial charge in [0.2, 0.25) is 0 Å². The average Bonchev–Trinajstić information content (AvgIpc) is 3.38. The van der Waals surface area contributed by atoms with Crippen molar-refractivity contribution >= 4 is 5.82 Å². The number of ether oxygens (including phenoxy) is 1. The van der Waals surface area contributed by atoms with Crippen LogP contribution in [-0.2, 0) is 13.0 Å². The van der Waals surface area contributed by atoms with E-state index in [4.69, 9.17) is 15.6 Å². The van der Waals surface area contributed by atoms with Crippen molar-refractivity contribution < 1.29 is 9.13 Å². The number of nitrogens with two attached hydrogens (primary N) is 1. The normalized spacial score (nSPS) is 14.8. The Kier molecular flexibility index (Phi) is 4.63. The summed E-state index contributed by atoms with van der Waals surface area (Å²) in [6.07, 6.45) is 3.19. The summed E-state index contributed by atoms with van der Waals surface area (Å²) in [4.78, 5) is 4.30. The molecule has 4 heterocycles. The maximum absolute atomic E-state index is 14.2. The standard InChI is InChI=1S/C23H20FN7O/c1-3-30-20(11-25)22-14-8-21(23(26)27-12-14)32-13(2)17-9-15(24)4-5-19(17)31-16(6-7-28-31)10-18(22)29-30/h4-9,12-13H,3,10H2,1-2H3,(H2,26,27). The minimum absolute atomic E-state index is 0.207. The van der Waals surface area contributed by atoms with Crippen molar-refractivity contribution in [1.82, 2.24) is 24.5 Å². The minimum Gasteiger partial charge on any atom is -0.482 e. The van der Waals surface area contributed by atoms with Gasteiger partial charge in [0.25, 0.3) is 0 Å². The fraction of sp³-hybridized carbons (Fsp3) is 0.217. The van der Waals surface area contributed by atoms with Crippen LogP contribution in [0, 0.1) is 17.1 Å². The predicted octanol–water partition coefficient (Wildman–Crippen LogP) is 3.79. The quantitative estimate of drug-likeness (QED) is 0.493. The summed E-state index contributed by atoms with van der Waals surface area (Å²) in [6.45, 7) is 4.29. The molecule has 1 aliphatic heterocycles. The van der Waals surface area contributed by atoms with Gasteiger partial charge in [-0.2, -0.15) is 15.5 Å². The van der Waals surface area contributed by atoms with E-state index < -0.39 is 6.10 Å². The Morgan fingerprint density at radius 2 is 2.16 bits per heavy atom. The van der Waals surface area contributed by atoms with E-state index in [0.717, 1.165) is 5.69 Å². The van der Waals surface area contributed by atoms with E-state index in [0.29, 0.717) is 52.5 Å². The van der Waals surface area contributed by atoms with Crippen molar-refractivity contribution in [2.45, 2.75) is 32.9 Å². The first kappa shape index (κ1) is 19.8. The first-order valence-corrected chi connectivity index (χ1v) is 10.2. The maximum Gasteiger partial charge on any atom is 0.166 e. The second-order valence-corrected chi connectivity index (χ2v) is 7.58. The number of hydrogen-bond acceptors (Lipinski definition) is 6. The molecule has 0 radical (unpaired) electrons. The Hall–Kier alpha value is -4.19. The molecule has 160 valence electrons. The highest BCUT2D eigenvalue weighted by atomic mass is 19.1. The van der Waals surface area contributed by atoms with E-state index in [2.05, 4.69) is 16.2 Å². The Morgan fingerprint density at radius 1 is 1.31 bits per heavy atom. The van der Waals surface area contributed by atoms with Gasteiger partial charge in [-0.3, -0.25) is 4.68 Å². The fourth-order valence-corrected chi connectivity index (χ4v) is 4.12. The molecule has 1 unspecified atom stereocenters.